The summed E-state index contributed by atoms with van der Waals surface area (Å²) in [6, 6.07) is 0. The minimum Gasteiger partial charge on any atom is -0.748 e. The Morgan fingerprint density at radius 1 is 0.974 bits per heavy atom. The van der Waals surface area contributed by atoms with Gasteiger partial charge < -0.3 is 14.6 Å². The second-order valence-corrected chi connectivity index (χ2v) is 16.2. The van der Waals surface area contributed by atoms with Gasteiger partial charge >= 0.3 is 0 Å². The first-order valence-corrected chi connectivity index (χ1v) is 17.4. The van der Waals surface area contributed by atoms with Crippen molar-refractivity contribution in [3.63, 3.8) is 0 Å². The highest BCUT2D eigenvalue weighted by atomic mass is 32.2. The van der Waals surface area contributed by atoms with Crippen LogP contribution in [0.25, 0.3) is 0 Å². The van der Waals surface area contributed by atoms with Gasteiger partial charge in [-0.1, -0.05) is 20.8 Å². The van der Waals surface area contributed by atoms with Crippen LogP contribution in [-0.4, -0.2) is 53.8 Å². The van der Waals surface area contributed by atoms with Crippen molar-refractivity contribution in [2.75, 3.05) is 18.8 Å². The Kier molecular flexibility index (Phi) is 8.32. The van der Waals surface area contributed by atoms with E-state index in [4.69, 9.17) is 0 Å². The number of piperidine rings is 1. The van der Waals surface area contributed by atoms with E-state index in [0.29, 0.717) is 54.5 Å². The number of hydrogen-bond donors (Lipinski definition) is 1. The average molecular weight is 551 g/mol. The first-order valence-electron chi connectivity index (χ1n) is 15.8. The third-order valence-corrected chi connectivity index (χ3v) is 13.7. The molecule has 1 amide bonds. The number of hydrogen-bond acceptors (Lipinski definition) is 5. The largest absolute Gasteiger partial charge is 0.748 e. The zero-order valence-electron chi connectivity index (χ0n) is 24.1. The Morgan fingerprint density at radius 3 is 2.37 bits per heavy atom. The van der Waals surface area contributed by atoms with E-state index in [9.17, 15) is 22.9 Å². The Morgan fingerprint density at radius 2 is 1.66 bits per heavy atom. The fraction of sp³-hybridized carbons (Fsp3) is 0.968. The summed E-state index contributed by atoms with van der Waals surface area (Å²) in [4.78, 5) is 15.0. The molecule has 1 heterocycles. The van der Waals surface area contributed by atoms with Crippen molar-refractivity contribution < 1.29 is 22.9 Å². The summed E-state index contributed by atoms with van der Waals surface area (Å²) in [5.41, 5.74) is 0.831. The lowest BCUT2D eigenvalue weighted by Crippen LogP contribution is -2.54. The molecule has 0 spiro atoms. The molecule has 5 aliphatic rings. The summed E-state index contributed by atoms with van der Waals surface area (Å²) in [6.45, 7) is 8.95. The van der Waals surface area contributed by atoms with Crippen molar-refractivity contribution >= 4 is 16.0 Å². The van der Waals surface area contributed by atoms with Gasteiger partial charge in [0.05, 0.1) is 16.2 Å². The topological polar surface area (TPSA) is 97.7 Å². The molecule has 1 saturated heterocycles. The lowest BCUT2D eigenvalue weighted by Gasteiger charge is -2.61. The van der Waals surface area contributed by atoms with Crippen molar-refractivity contribution in [2.45, 2.75) is 117 Å². The maximum atomic E-state index is 13.0. The number of carbonyl (C=O) groups excluding carboxylic acids is 1. The number of nitrogens with zero attached hydrogens (tertiary/aromatic N) is 1. The van der Waals surface area contributed by atoms with E-state index in [1.165, 1.54) is 44.9 Å². The number of aliphatic hydroxyl groups is 1. The highest BCUT2D eigenvalue weighted by Crippen LogP contribution is 2.68. The van der Waals surface area contributed by atoms with Gasteiger partial charge in [0.15, 0.2) is 0 Å². The summed E-state index contributed by atoms with van der Waals surface area (Å²) in [6.07, 6.45) is 14.8. The van der Waals surface area contributed by atoms with Crippen molar-refractivity contribution in [2.24, 2.45) is 52.3 Å². The van der Waals surface area contributed by atoms with Crippen LogP contribution in [0.1, 0.15) is 111 Å². The molecule has 0 unspecified atom stereocenters. The molecule has 6 nitrogen and oxygen atoms in total. The highest BCUT2D eigenvalue weighted by Gasteiger charge is 2.60. The fourth-order valence-corrected chi connectivity index (χ4v) is 11.3. The zero-order valence-corrected chi connectivity index (χ0v) is 24.9. The van der Waals surface area contributed by atoms with Gasteiger partial charge in [0.25, 0.3) is 0 Å². The molecule has 5 fully saturated rings. The third kappa shape index (κ3) is 5.59. The Labute approximate surface area is 231 Å². The number of aliphatic hydroxyl groups excluding tert-OH is 1. The SMILES string of the molecule is C[C@H](CCC(=O)N1CCC(CCS(=O)(=O)[O-])CC1)[C@H]1CC[C@H]2[C@@H]3CC[C@@H]4C[C@H](O)CC[C@]4(C)[C@H]3CC[C@]12C. The molecule has 0 bridgehead atoms. The van der Waals surface area contributed by atoms with E-state index >= 15 is 0 Å². The van der Waals surface area contributed by atoms with E-state index in [0.717, 1.165) is 49.9 Å². The second-order valence-electron chi connectivity index (χ2n) is 14.7. The van der Waals surface area contributed by atoms with Crippen LogP contribution in [0.3, 0.4) is 0 Å². The molecule has 1 aliphatic heterocycles. The minimum atomic E-state index is -4.15. The lowest BCUT2D eigenvalue weighted by molar-refractivity contribution is -0.134. The van der Waals surface area contributed by atoms with Gasteiger partial charge in [-0.3, -0.25) is 4.79 Å². The fourth-order valence-electron chi connectivity index (χ4n) is 10.7. The molecule has 0 aromatic rings. The second kappa shape index (κ2) is 11.0. The quantitative estimate of drug-likeness (QED) is 0.416. The van der Waals surface area contributed by atoms with Crippen LogP contribution in [0, 0.1) is 52.3 Å². The minimum absolute atomic E-state index is 0.0769. The van der Waals surface area contributed by atoms with Crippen LogP contribution in [0.2, 0.25) is 0 Å². The van der Waals surface area contributed by atoms with Gasteiger partial charge in [0.2, 0.25) is 5.91 Å². The molecule has 218 valence electrons. The van der Waals surface area contributed by atoms with Gasteiger partial charge in [0, 0.05) is 25.3 Å². The van der Waals surface area contributed by atoms with E-state index in [1.54, 1.807) is 0 Å². The van der Waals surface area contributed by atoms with Crippen molar-refractivity contribution in [1.29, 1.82) is 0 Å². The highest BCUT2D eigenvalue weighted by molar-refractivity contribution is 7.85. The first-order chi connectivity index (χ1) is 17.9. The van der Waals surface area contributed by atoms with Gasteiger partial charge in [0.1, 0.15) is 0 Å². The number of carbonyl (C=O) groups is 1. The van der Waals surface area contributed by atoms with Crippen molar-refractivity contribution in [3.05, 3.63) is 0 Å². The lowest BCUT2D eigenvalue weighted by atomic mass is 9.44. The van der Waals surface area contributed by atoms with E-state index in [2.05, 4.69) is 20.8 Å². The molecule has 4 aliphatic carbocycles. The van der Waals surface area contributed by atoms with E-state index in [-0.39, 0.29) is 23.7 Å². The zero-order chi connectivity index (χ0) is 27.3. The summed E-state index contributed by atoms with van der Waals surface area (Å²) < 4.78 is 32.8. The van der Waals surface area contributed by atoms with Crippen LogP contribution < -0.4 is 0 Å². The Balaban J connectivity index is 1.13. The van der Waals surface area contributed by atoms with Crippen molar-refractivity contribution in [3.8, 4) is 0 Å². The van der Waals surface area contributed by atoms with Gasteiger partial charge in [-0.25, -0.2) is 8.42 Å². The molecular weight excluding hydrogens is 498 g/mol. The molecule has 0 aromatic carbocycles. The summed E-state index contributed by atoms with van der Waals surface area (Å²) >= 11 is 0. The van der Waals surface area contributed by atoms with Gasteiger partial charge in [-0.05, 0) is 136 Å². The maximum Gasteiger partial charge on any atom is 0.222 e. The van der Waals surface area contributed by atoms with Crippen LogP contribution in [0.5, 0.6) is 0 Å². The smallest absolute Gasteiger partial charge is 0.222 e. The molecular formula is C31H52NO5S-. The Bertz CT molecular complexity index is 961. The average Bonchev–Trinajstić information content (AvgIpc) is 3.23. The van der Waals surface area contributed by atoms with Gasteiger partial charge in [-0.2, -0.15) is 0 Å². The van der Waals surface area contributed by atoms with Crippen molar-refractivity contribution in [1.82, 2.24) is 4.90 Å². The molecule has 5 rings (SSSR count). The Hall–Kier alpha value is -0.660. The molecule has 9 atom stereocenters. The summed E-state index contributed by atoms with van der Waals surface area (Å²) in [5, 5.41) is 10.3. The molecule has 1 N–H and O–H groups in total. The standard InChI is InChI=1S/C31H53NO5S/c1-21(4-9-29(34)32-17-12-22(13-18-32)14-19-38(35,36)37)26-7-8-27-25-6-5-23-20-24(33)10-15-30(23,2)28(25)11-16-31(26,27)3/h21-28,33H,4-20H2,1-3H3,(H,35,36,37)/p-1/t21-,23-,24-,25+,26-,27+,28+,30+,31-/m1/s1. The summed E-state index contributed by atoms with van der Waals surface area (Å²) in [5.74, 6) is 4.69. The predicted octanol–water partition coefficient (Wildman–Crippen LogP) is 5.60. The number of rotatable bonds is 7. The van der Waals surface area contributed by atoms with Crippen LogP contribution >= 0.6 is 0 Å². The third-order valence-electron chi connectivity index (χ3n) is 13.0. The van der Waals surface area contributed by atoms with E-state index in [1.807, 2.05) is 4.90 Å². The number of likely N-dealkylation sites (tertiary alicyclic amines) is 1. The molecule has 0 radical (unpaired) electrons. The normalized spacial score (nSPS) is 42.7. The number of fused-ring (bicyclic) bond motifs is 5. The first kappa shape index (κ1) is 28.9. The maximum absolute atomic E-state index is 13.0. The molecule has 0 aromatic heterocycles. The molecule has 7 heteroatoms. The van der Waals surface area contributed by atoms with Crippen LogP contribution in [-0.2, 0) is 14.9 Å². The summed E-state index contributed by atoms with van der Waals surface area (Å²) in [7, 11) is -4.15. The molecule has 38 heavy (non-hydrogen) atoms. The monoisotopic (exact) mass is 550 g/mol. The van der Waals surface area contributed by atoms with Gasteiger partial charge in [-0.15, -0.1) is 0 Å². The van der Waals surface area contributed by atoms with E-state index < -0.39 is 10.1 Å². The molecule has 4 saturated carbocycles. The predicted molar refractivity (Wildman–Crippen MR) is 148 cm³/mol. The van der Waals surface area contributed by atoms with Crippen LogP contribution in [0.15, 0.2) is 0 Å². The number of amides is 1. The van der Waals surface area contributed by atoms with Crippen LogP contribution in [0.4, 0.5) is 0 Å².